The first-order valence-electron chi connectivity index (χ1n) is 9.76. The van der Waals surface area contributed by atoms with E-state index < -0.39 is 0 Å². The Morgan fingerprint density at radius 2 is 1.82 bits per heavy atom. The molecule has 3 aromatic rings. The van der Waals surface area contributed by atoms with Crippen molar-refractivity contribution in [2.75, 3.05) is 11.9 Å². The Balaban J connectivity index is 1.29. The van der Waals surface area contributed by atoms with Gasteiger partial charge in [0, 0.05) is 23.7 Å². The molecule has 5 rings (SSSR count). The van der Waals surface area contributed by atoms with Crippen molar-refractivity contribution in [3.05, 3.63) is 48.5 Å². The van der Waals surface area contributed by atoms with Crippen molar-refractivity contribution < 1.29 is 9.59 Å². The van der Waals surface area contributed by atoms with Gasteiger partial charge in [-0.05, 0) is 62.1 Å². The van der Waals surface area contributed by atoms with Gasteiger partial charge in [-0.1, -0.05) is 12.1 Å². The zero-order chi connectivity index (χ0) is 19.1. The van der Waals surface area contributed by atoms with Gasteiger partial charge < -0.3 is 10.2 Å². The third-order valence-corrected chi connectivity index (χ3v) is 6.54. The van der Waals surface area contributed by atoms with E-state index in [1.165, 1.54) is 0 Å². The van der Waals surface area contributed by atoms with Crippen molar-refractivity contribution in [3.63, 3.8) is 0 Å². The van der Waals surface area contributed by atoms with Crippen LogP contribution in [0.15, 0.2) is 48.5 Å². The lowest BCUT2D eigenvalue weighted by Gasteiger charge is -2.24. The number of rotatable bonds is 4. The second kappa shape index (κ2) is 7.02. The fraction of sp³-hybridized carbons (Fsp3) is 0.318. The van der Waals surface area contributed by atoms with Crippen LogP contribution < -0.4 is 5.32 Å². The first-order valence-corrected chi connectivity index (χ1v) is 10.6. The molecule has 2 fully saturated rings. The number of likely N-dealkylation sites (tertiary alicyclic amines) is 1. The van der Waals surface area contributed by atoms with Crippen LogP contribution in [0, 0.1) is 5.92 Å². The number of fused-ring (bicyclic) bond motifs is 1. The van der Waals surface area contributed by atoms with Crippen molar-refractivity contribution >= 4 is 39.1 Å². The molecule has 28 heavy (non-hydrogen) atoms. The summed E-state index contributed by atoms with van der Waals surface area (Å²) in [7, 11) is 0. The highest BCUT2D eigenvalue weighted by Crippen LogP contribution is 2.34. The molecule has 0 unspecified atom stereocenters. The van der Waals surface area contributed by atoms with Crippen molar-refractivity contribution in [2.45, 2.75) is 31.7 Å². The number of hydrogen-bond acceptors (Lipinski definition) is 4. The van der Waals surface area contributed by atoms with E-state index in [4.69, 9.17) is 0 Å². The minimum absolute atomic E-state index is 0.0840. The van der Waals surface area contributed by atoms with Gasteiger partial charge >= 0.3 is 0 Å². The van der Waals surface area contributed by atoms with Gasteiger partial charge in [-0.3, -0.25) is 9.59 Å². The maximum atomic E-state index is 12.7. The molecule has 142 valence electrons. The average Bonchev–Trinajstić information content (AvgIpc) is 3.28. The van der Waals surface area contributed by atoms with Crippen LogP contribution in [0.3, 0.4) is 0 Å². The molecular weight excluding hydrogens is 370 g/mol. The molecule has 1 N–H and O–H groups in total. The van der Waals surface area contributed by atoms with Gasteiger partial charge in [-0.15, -0.1) is 11.3 Å². The number of benzene rings is 2. The van der Waals surface area contributed by atoms with E-state index in [-0.39, 0.29) is 23.8 Å². The first kappa shape index (κ1) is 17.4. The van der Waals surface area contributed by atoms with Crippen molar-refractivity contribution in [2.24, 2.45) is 5.92 Å². The van der Waals surface area contributed by atoms with Gasteiger partial charge in [-0.2, -0.15) is 0 Å². The highest BCUT2D eigenvalue weighted by atomic mass is 32.1. The topological polar surface area (TPSA) is 62.3 Å². The van der Waals surface area contributed by atoms with Crippen LogP contribution in [0.25, 0.3) is 20.8 Å². The molecule has 2 aliphatic rings. The Labute approximate surface area is 167 Å². The molecule has 2 aromatic carbocycles. The van der Waals surface area contributed by atoms with Gasteiger partial charge in [0.15, 0.2) is 0 Å². The monoisotopic (exact) mass is 391 g/mol. The van der Waals surface area contributed by atoms with E-state index in [1.807, 2.05) is 42.5 Å². The number of hydrogen-bond donors (Lipinski definition) is 1. The molecule has 1 atom stereocenters. The van der Waals surface area contributed by atoms with Crippen LogP contribution in [0.4, 0.5) is 5.69 Å². The predicted octanol–water partition coefficient (Wildman–Crippen LogP) is 4.30. The van der Waals surface area contributed by atoms with Gasteiger partial charge in [0.2, 0.25) is 11.8 Å². The molecule has 1 saturated heterocycles. The number of thiazole rings is 1. The van der Waals surface area contributed by atoms with E-state index >= 15 is 0 Å². The molecule has 1 aromatic heterocycles. The summed E-state index contributed by atoms with van der Waals surface area (Å²) in [5.74, 6) is 0.226. The smallest absolute Gasteiger partial charge is 0.247 e. The summed E-state index contributed by atoms with van der Waals surface area (Å²) in [6.07, 6.45) is 3.58. The van der Waals surface area contributed by atoms with Gasteiger partial charge in [0.25, 0.3) is 0 Å². The molecule has 2 heterocycles. The lowest BCUT2D eigenvalue weighted by atomic mass is 10.1. The lowest BCUT2D eigenvalue weighted by molar-refractivity contribution is -0.137. The third kappa shape index (κ3) is 3.29. The third-order valence-electron chi connectivity index (χ3n) is 5.46. The number of para-hydroxylation sites is 1. The number of anilines is 1. The second-order valence-corrected chi connectivity index (χ2v) is 8.55. The Hall–Kier alpha value is -2.73. The van der Waals surface area contributed by atoms with E-state index in [0.29, 0.717) is 6.54 Å². The van der Waals surface area contributed by atoms with Crippen LogP contribution in [-0.2, 0) is 9.59 Å². The number of nitrogens with one attached hydrogen (secondary N) is 1. The maximum Gasteiger partial charge on any atom is 0.247 e. The van der Waals surface area contributed by atoms with Crippen LogP contribution in [0.1, 0.15) is 25.7 Å². The largest absolute Gasteiger partial charge is 0.330 e. The number of nitrogens with zero attached hydrogens (tertiary/aromatic N) is 2. The van der Waals surface area contributed by atoms with E-state index in [1.54, 1.807) is 16.2 Å². The summed E-state index contributed by atoms with van der Waals surface area (Å²) in [4.78, 5) is 31.6. The van der Waals surface area contributed by atoms with Crippen LogP contribution in [0.5, 0.6) is 0 Å². The van der Waals surface area contributed by atoms with Gasteiger partial charge in [0.1, 0.15) is 11.0 Å². The summed E-state index contributed by atoms with van der Waals surface area (Å²) < 4.78 is 1.16. The van der Waals surface area contributed by atoms with Crippen LogP contribution >= 0.6 is 11.3 Å². The Morgan fingerprint density at radius 1 is 1.04 bits per heavy atom. The molecule has 6 heteroatoms. The summed E-state index contributed by atoms with van der Waals surface area (Å²) in [6, 6.07) is 15.5. The molecule has 0 spiro atoms. The highest BCUT2D eigenvalue weighted by Gasteiger charge is 2.40. The molecule has 0 radical (unpaired) electrons. The lowest BCUT2D eigenvalue weighted by Crippen LogP contribution is -2.43. The number of carbonyl (C=O) groups excluding carboxylic acids is 2. The van der Waals surface area contributed by atoms with E-state index in [2.05, 4.69) is 16.4 Å². The molecule has 2 amide bonds. The van der Waals surface area contributed by atoms with Gasteiger partial charge in [0.05, 0.1) is 10.2 Å². The maximum absolute atomic E-state index is 12.7. The number of aromatic nitrogens is 1. The quantitative estimate of drug-likeness (QED) is 0.721. The van der Waals surface area contributed by atoms with Crippen LogP contribution in [-0.4, -0.2) is 34.3 Å². The number of carbonyl (C=O) groups is 2. The highest BCUT2D eigenvalue weighted by molar-refractivity contribution is 7.21. The normalized spacial score (nSPS) is 19.1. The summed E-state index contributed by atoms with van der Waals surface area (Å²) in [5, 5.41) is 3.95. The molecule has 1 saturated carbocycles. The van der Waals surface area contributed by atoms with E-state index in [0.717, 1.165) is 52.2 Å². The Bertz CT molecular complexity index is 1010. The summed E-state index contributed by atoms with van der Waals surface area (Å²) in [6.45, 7) is 0.698. The van der Waals surface area contributed by atoms with Gasteiger partial charge in [-0.25, -0.2) is 4.98 Å². The molecule has 0 bridgehead atoms. The Kier molecular flexibility index (Phi) is 4.36. The zero-order valence-electron chi connectivity index (χ0n) is 15.4. The average molecular weight is 391 g/mol. The fourth-order valence-corrected chi connectivity index (χ4v) is 4.76. The zero-order valence-corrected chi connectivity index (χ0v) is 16.2. The van der Waals surface area contributed by atoms with Crippen molar-refractivity contribution in [1.29, 1.82) is 0 Å². The minimum Gasteiger partial charge on any atom is -0.330 e. The molecule has 1 aliphatic heterocycles. The summed E-state index contributed by atoms with van der Waals surface area (Å²) in [5.41, 5.74) is 2.78. The summed E-state index contributed by atoms with van der Waals surface area (Å²) >= 11 is 1.66. The molecule has 1 aliphatic carbocycles. The second-order valence-electron chi connectivity index (χ2n) is 7.52. The standard InChI is InChI=1S/C22H21N3O2S/c26-20(18-5-3-13-25(18)22(27)15-7-8-15)23-16-11-9-14(10-12-16)21-24-17-4-1-2-6-19(17)28-21/h1-2,4,6,9-12,15,18H,3,5,7-8,13H2,(H,23,26)/t18-/m1/s1. The number of amides is 2. The SMILES string of the molecule is O=C(Nc1ccc(-c2nc3ccccc3s2)cc1)[C@H]1CCCN1C(=O)C1CC1. The fourth-order valence-electron chi connectivity index (χ4n) is 3.79. The minimum atomic E-state index is -0.336. The molecule has 5 nitrogen and oxygen atoms in total. The van der Waals surface area contributed by atoms with Crippen LogP contribution in [0.2, 0.25) is 0 Å². The Morgan fingerprint density at radius 3 is 2.57 bits per heavy atom. The molecular formula is C22H21N3O2S. The predicted molar refractivity (Wildman–Crippen MR) is 111 cm³/mol. The van der Waals surface area contributed by atoms with Crippen molar-refractivity contribution in [3.8, 4) is 10.6 Å². The van der Waals surface area contributed by atoms with E-state index in [9.17, 15) is 9.59 Å². The van der Waals surface area contributed by atoms with Crippen molar-refractivity contribution in [1.82, 2.24) is 9.88 Å². The first-order chi connectivity index (χ1) is 13.7.